The molecule has 0 saturated carbocycles. The van der Waals surface area contributed by atoms with Gasteiger partial charge in [0.1, 0.15) is 0 Å². The molecule has 2 aromatic rings. The monoisotopic (exact) mass is 267 g/mol. The van der Waals surface area contributed by atoms with Crippen LogP contribution in [-0.2, 0) is 0 Å². The van der Waals surface area contributed by atoms with E-state index in [1.807, 2.05) is 0 Å². The van der Waals surface area contributed by atoms with E-state index >= 15 is 0 Å². The number of nitrogens with two attached hydrogens (primary N) is 1. The minimum absolute atomic E-state index is 0.162. The summed E-state index contributed by atoms with van der Waals surface area (Å²) >= 11 is 0. The average Bonchev–Trinajstić information content (AvgIpc) is 2.49. The molecular weight excluding hydrogens is 242 g/mol. The molecular formula is C19H25N. The van der Waals surface area contributed by atoms with Gasteiger partial charge < -0.3 is 5.73 Å². The quantitative estimate of drug-likeness (QED) is 0.814. The molecule has 2 aromatic carbocycles. The van der Waals surface area contributed by atoms with E-state index in [0.717, 1.165) is 6.42 Å². The van der Waals surface area contributed by atoms with Gasteiger partial charge >= 0.3 is 0 Å². The molecule has 2 atom stereocenters. The van der Waals surface area contributed by atoms with Gasteiger partial charge in [-0.05, 0) is 23.5 Å². The predicted molar refractivity (Wildman–Crippen MR) is 86.8 cm³/mol. The van der Waals surface area contributed by atoms with Crippen LogP contribution in [0.5, 0.6) is 0 Å². The van der Waals surface area contributed by atoms with Crippen molar-refractivity contribution in [2.45, 2.75) is 38.6 Å². The third-order valence-corrected chi connectivity index (χ3v) is 4.12. The van der Waals surface area contributed by atoms with Crippen molar-refractivity contribution in [2.75, 3.05) is 0 Å². The minimum atomic E-state index is 0.162. The Hall–Kier alpha value is -1.60. The van der Waals surface area contributed by atoms with Crippen molar-refractivity contribution in [1.29, 1.82) is 0 Å². The van der Waals surface area contributed by atoms with Crippen LogP contribution < -0.4 is 5.73 Å². The lowest BCUT2D eigenvalue weighted by Gasteiger charge is -2.27. The highest BCUT2D eigenvalue weighted by Gasteiger charge is 2.22. The van der Waals surface area contributed by atoms with Crippen molar-refractivity contribution in [3.8, 4) is 0 Å². The summed E-state index contributed by atoms with van der Waals surface area (Å²) < 4.78 is 0. The zero-order valence-electron chi connectivity index (χ0n) is 12.5. The molecule has 0 spiro atoms. The zero-order chi connectivity index (χ0) is 14.4. The molecule has 106 valence electrons. The lowest BCUT2D eigenvalue weighted by molar-refractivity contribution is 0.427. The van der Waals surface area contributed by atoms with Crippen molar-refractivity contribution in [3.63, 3.8) is 0 Å². The third-order valence-electron chi connectivity index (χ3n) is 4.12. The van der Waals surface area contributed by atoms with E-state index < -0.39 is 0 Å². The van der Waals surface area contributed by atoms with E-state index in [1.165, 1.54) is 17.5 Å². The van der Waals surface area contributed by atoms with Crippen LogP contribution in [0.1, 0.15) is 43.7 Å². The smallest absolute Gasteiger partial charge is 0.0241 e. The molecule has 0 radical (unpaired) electrons. The highest BCUT2D eigenvalue weighted by atomic mass is 14.7. The van der Waals surface area contributed by atoms with Gasteiger partial charge in [0, 0.05) is 12.0 Å². The molecule has 0 fully saturated rings. The minimum Gasteiger partial charge on any atom is -0.327 e. The molecule has 0 aliphatic rings. The molecule has 0 aliphatic heterocycles. The van der Waals surface area contributed by atoms with Crippen LogP contribution in [0.3, 0.4) is 0 Å². The first-order valence-electron chi connectivity index (χ1n) is 7.57. The average molecular weight is 267 g/mol. The highest BCUT2D eigenvalue weighted by molar-refractivity contribution is 5.34. The molecule has 1 heteroatoms. The van der Waals surface area contributed by atoms with E-state index in [4.69, 9.17) is 5.73 Å². The van der Waals surface area contributed by atoms with Gasteiger partial charge in [0.25, 0.3) is 0 Å². The fraction of sp³-hybridized carbons (Fsp3) is 0.368. The molecule has 0 heterocycles. The Morgan fingerprint density at radius 1 is 0.850 bits per heavy atom. The largest absolute Gasteiger partial charge is 0.327 e. The molecule has 0 amide bonds. The topological polar surface area (TPSA) is 26.0 Å². The summed E-state index contributed by atoms with van der Waals surface area (Å²) in [5.74, 6) is 0.950. The van der Waals surface area contributed by atoms with Gasteiger partial charge in [-0.2, -0.15) is 0 Å². The normalized spacial score (nSPS) is 14.2. The van der Waals surface area contributed by atoms with Crippen LogP contribution in [0.25, 0.3) is 0 Å². The molecule has 1 nitrogen and oxygen atoms in total. The second-order valence-corrected chi connectivity index (χ2v) is 5.71. The number of hydrogen-bond donors (Lipinski definition) is 1. The molecule has 2 rings (SSSR count). The van der Waals surface area contributed by atoms with Crippen LogP contribution in [0, 0.1) is 5.92 Å². The second kappa shape index (κ2) is 7.25. The Bertz CT molecular complexity index is 452. The van der Waals surface area contributed by atoms with Crippen molar-refractivity contribution < 1.29 is 0 Å². The van der Waals surface area contributed by atoms with Crippen molar-refractivity contribution >= 4 is 0 Å². The molecule has 0 saturated heterocycles. The second-order valence-electron chi connectivity index (χ2n) is 5.71. The molecule has 0 bridgehead atoms. The summed E-state index contributed by atoms with van der Waals surface area (Å²) in [7, 11) is 0. The van der Waals surface area contributed by atoms with Gasteiger partial charge in [-0.15, -0.1) is 0 Å². The summed E-state index contributed by atoms with van der Waals surface area (Å²) in [6.45, 7) is 4.52. The summed E-state index contributed by atoms with van der Waals surface area (Å²) in [4.78, 5) is 0. The van der Waals surface area contributed by atoms with E-state index in [1.54, 1.807) is 0 Å². The Kier molecular flexibility index (Phi) is 5.37. The van der Waals surface area contributed by atoms with Crippen LogP contribution in [0.15, 0.2) is 60.7 Å². The summed E-state index contributed by atoms with van der Waals surface area (Å²) in [6, 6.07) is 21.4. The highest BCUT2D eigenvalue weighted by Crippen LogP contribution is 2.30. The number of hydrogen-bond acceptors (Lipinski definition) is 1. The zero-order valence-corrected chi connectivity index (χ0v) is 12.5. The maximum absolute atomic E-state index is 6.56. The van der Waals surface area contributed by atoms with Gasteiger partial charge in [-0.1, -0.05) is 80.9 Å². The molecule has 2 unspecified atom stereocenters. The van der Waals surface area contributed by atoms with Crippen LogP contribution in [-0.4, -0.2) is 6.04 Å². The van der Waals surface area contributed by atoms with Gasteiger partial charge in [0.05, 0.1) is 0 Å². The van der Waals surface area contributed by atoms with E-state index in [0.29, 0.717) is 5.92 Å². The van der Waals surface area contributed by atoms with E-state index in [9.17, 15) is 0 Å². The molecule has 0 aliphatic carbocycles. The lowest BCUT2D eigenvalue weighted by Crippen LogP contribution is -2.31. The van der Waals surface area contributed by atoms with Gasteiger partial charge in [-0.25, -0.2) is 0 Å². The van der Waals surface area contributed by atoms with Crippen molar-refractivity contribution in [2.24, 2.45) is 11.7 Å². The Labute approximate surface area is 122 Å². The third kappa shape index (κ3) is 3.71. The summed E-state index contributed by atoms with van der Waals surface area (Å²) in [5, 5.41) is 0. The van der Waals surface area contributed by atoms with E-state index in [-0.39, 0.29) is 12.0 Å². The van der Waals surface area contributed by atoms with Gasteiger partial charge in [-0.3, -0.25) is 0 Å². The number of benzene rings is 2. The first kappa shape index (κ1) is 14.8. The predicted octanol–water partition coefficient (Wildman–Crippen LogP) is 4.58. The first-order chi connectivity index (χ1) is 9.72. The summed E-state index contributed by atoms with van der Waals surface area (Å²) in [6.07, 6.45) is 2.24. The van der Waals surface area contributed by atoms with Gasteiger partial charge in [0.2, 0.25) is 0 Å². The Balaban J connectivity index is 2.30. The lowest BCUT2D eigenvalue weighted by atomic mass is 9.81. The maximum Gasteiger partial charge on any atom is 0.0241 e. The molecule has 2 N–H and O–H groups in total. The summed E-state index contributed by atoms with van der Waals surface area (Å²) in [5.41, 5.74) is 9.19. The number of rotatable bonds is 6. The molecule has 20 heavy (non-hydrogen) atoms. The van der Waals surface area contributed by atoms with E-state index in [2.05, 4.69) is 74.5 Å². The van der Waals surface area contributed by atoms with Crippen LogP contribution in [0.2, 0.25) is 0 Å². The SMILES string of the molecule is CCC(C)CC(N)C(c1ccccc1)c1ccccc1. The Morgan fingerprint density at radius 2 is 1.30 bits per heavy atom. The maximum atomic E-state index is 6.56. The standard InChI is InChI=1S/C19H25N/c1-3-15(2)14-18(20)19(16-10-6-4-7-11-16)17-12-8-5-9-13-17/h4-13,15,18-19H,3,14,20H2,1-2H3. The van der Waals surface area contributed by atoms with Crippen molar-refractivity contribution in [1.82, 2.24) is 0 Å². The molecule has 0 aromatic heterocycles. The van der Waals surface area contributed by atoms with Gasteiger partial charge in [0.15, 0.2) is 0 Å². The van der Waals surface area contributed by atoms with Crippen LogP contribution >= 0.6 is 0 Å². The Morgan fingerprint density at radius 3 is 1.70 bits per heavy atom. The fourth-order valence-electron chi connectivity index (χ4n) is 2.77. The van der Waals surface area contributed by atoms with Crippen LogP contribution in [0.4, 0.5) is 0 Å². The van der Waals surface area contributed by atoms with Crippen molar-refractivity contribution in [3.05, 3.63) is 71.8 Å². The first-order valence-corrected chi connectivity index (χ1v) is 7.57. The fourth-order valence-corrected chi connectivity index (χ4v) is 2.77.